The van der Waals surface area contributed by atoms with Crippen LogP contribution in [-0.2, 0) is 10.2 Å². The Kier molecular flexibility index (Phi) is 6.33. The van der Waals surface area contributed by atoms with Gasteiger partial charge in [-0.05, 0) is 35.6 Å². The Hall–Kier alpha value is -2.89. The van der Waals surface area contributed by atoms with Gasteiger partial charge in [-0.2, -0.15) is 0 Å². The lowest BCUT2D eigenvalue weighted by Crippen LogP contribution is -2.14. The van der Waals surface area contributed by atoms with Crippen LogP contribution in [-0.4, -0.2) is 17.4 Å². The third-order valence-corrected chi connectivity index (χ3v) is 3.91. The molecule has 0 bridgehead atoms. The number of nitrogens with zero attached hydrogens (tertiary/aromatic N) is 1. The highest BCUT2D eigenvalue weighted by Gasteiger charge is 2.15. The first-order valence-electron chi connectivity index (χ1n) is 8.54. The highest BCUT2D eigenvalue weighted by Crippen LogP contribution is 2.25. The normalized spacial score (nSPS) is 11.0. The molecule has 0 aromatic heterocycles. The van der Waals surface area contributed by atoms with Crippen molar-refractivity contribution in [1.82, 2.24) is 0 Å². The van der Waals surface area contributed by atoms with Crippen molar-refractivity contribution < 1.29 is 14.5 Å². The Balaban J connectivity index is 1.78. The van der Waals surface area contributed by atoms with Gasteiger partial charge >= 0.3 is 0 Å². The number of ether oxygens (including phenoxy) is 1. The summed E-state index contributed by atoms with van der Waals surface area (Å²) in [5.74, 6) is 0.489. The van der Waals surface area contributed by atoms with E-state index in [1.807, 2.05) is 24.3 Å². The maximum atomic E-state index is 12.0. The van der Waals surface area contributed by atoms with Crippen molar-refractivity contribution >= 4 is 17.3 Å². The Labute approximate surface area is 153 Å². The maximum absolute atomic E-state index is 12.0. The predicted molar refractivity (Wildman–Crippen MR) is 102 cm³/mol. The summed E-state index contributed by atoms with van der Waals surface area (Å²) in [4.78, 5) is 22.4. The number of para-hydroxylation sites is 2. The number of carbonyl (C=O) groups excluding carboxylic acids is 1. The van der Waals surface area contributed by atoms with E-state index < -0.39 is 4.92 Å². The van der Waals surface area contributed by atoms with E-state index in [1.54, 1.807) is 12.1 Å². The molecule has 0 heterocycles. The smallest absolute Gasteiger partial charge is 0.292 e. The number of carbonyl (C=O) groups is 1. The topological polar surface area (TPSA) is 81.5 Å². The van der Waals surface area contributed by atoms with E-state index in [9.17, 15) is 14.9 Å². The zero-order valence-corrected chi connectivity index (χ0v) is 15.3. The molecule has 1 amide bonds. The van der Waals surface area contributed by atoms with E-state index >= 15 is 0 Å². The number of hydrogen-bond acceptors (Lipinski definition) is 4. The van der Waals surface area contributed by atoms with Gasteiger partial charge in [0.25, 0.3) is 5.69 Å². The summed E-state index contributed by atoms with van der Waals surface area (Å²) in [5.41, 5.74) is 1.42. The molecule has 2 rings (SSSR count). The van der Waals surface area contributed by atoms with Crippen LogP contribution in [0.25, 0.3) is 0 Å². The zero-order chi connectivity index (χ0) is 19.2. The SMILES string of the molecule is CC(C)(C)c1ccc(OCCCC(=O)Nc2ccccc2[N+](=O)[O-])cc1. The van der Waals surface area contributed by atoms with Crippen molar-refractivity contribution in [2.45, 2.75) is 39.0 Å². The monoisotopic (exact) mass is 356 g/mol. The molecular formula is C20H24N2O4. The number of amides is 1. The Morgan fingerprint density at radius 1 is 1.12 bits per heavy atom. The van der Waals surface area contributed by atoms with Crippen molar-refractivity contribution in [3.05, 3.63) is 64.2 Å². The number of rotatable bonds is 7. The molecule has 26 heavy (non-hydrogen) atoms. The van der Waals surface area contributed by atoms with E-state index in [0.717, 1.165) is 5.75 Å². The summed E-state index contributed by atoms with van der Waals surface area (Å²) in [5, 5.41) is 13.5. The summed E-state index contributed by atoms with van der Waals surface area (Å²) in [6, 6.07) is 14.0. The first-order chi connectivity index (χ1) is 12.3. The average molecular weight is 356 g/mol. The number of nitro benzene ring substituents is 1. The molecule has 0 spiro atoms. The van der Waals surface area contributed by atoms with E-state index in [2.05, 4.69) is 26.1 Å². The molecule has 0 saturated heterocycles. The minimum absolute atomic E-state index is 0.0939. The third-order valence-electron chi connectivity index (χ3n) is 3.91. The van der Waals surface area contributed by atoms with Gasteiger partial charge in [0.2, 0.25) is 5.91 Å². The fraction of sp³-hybridized carbons (Fsp3) is 0.350. The first kappa shape index (κ1) is 19.4. The van der Waals surface area contributed by atoms with E-state index in [4.69, 9.17) is 4.74 Å². The number of benzene rings is 2. The predicted octanol–water partition coefficient (Wildman–Crippen LogP) is 4.69. The maximum Gasteiger partial charge on any atom is 0.292 e. The van der Waals surface area contributed by atoms with Gasteiger partial charge in [0, 0.05) is 12.5 Å². The lowest BCUT2D eigenvalue weighted by molar-refractivity contribution is -0.383. The lowest BCUT2D eigenvalue weighted by atomic mass is 9.87. The second kappa shape index (κ2) is 8.47. The summed E-state index contributed by atoms with van der Waals surface area (Å²) >= 11 is 0. The summed E-state index contributed by atoms with van der Waals surface area (Å²) in [6.45, 7) is 6.86. The zero-order valence-electron chi connectivity index (χ0n) is 15.3. The molecule has 2 aromatic rings. The second-order valence-electron chi connectivity index (χ2n) is 7.05. The van der Waals surface area contributed by atoms with Gasteiger partial charge in [0.1, 0.15) is 11.4 Å². The minimum atomic E-state index is -0.514. The van der Waals surface area contributed by atoms with Crippen molar-refractivity contribution in [2.75, 3.05) is 11.9 Å². The van der Waals surface area contributed by atoms with E-state index in [1.165, 1.54) is 17.7 Å². The van der Waals surface area contributed by atoms with Crippen LogP contribution in [0.5, 0.6) is 5.75 Å². The molecule has 6 heteroatoms. The van der Waals surface area contributed by atoms with Crippen LogP contribution in [0.4, 0.5) is 11.4 Å². The first-order valence-corrected chi connectivity index (χ1v) is 8.54. The van der Waals surface area contributed by atoms with Crippen LogP contribution < -0.4 is 10.1 Å². The molecule has 0 fully saturated rings. The summed E-state index contributed by atoms with van der Waals surface area (Å²) in [6.07, 6.45) is 0.750. The van der Waals surface area contributed by atoms with Gasteiger partial charge in [0.05, 0.1) is 11.5 Å². The molecule has 2 aromatic carbocycles. The second-order valence-corrected chi connectivity index (χ2v) is 7.05. The molecule has 0 radical (unpaired) electrons. The quantitative estimate of drug-likeness (QED) is 0.443. The van der Waals surface area contributed by atoms with Crippen molar-refractivity contribution in [3.8, 4) is 5.75 Å². The Bertz CT molecular complexity index is 764. The minimum Gasteiger partial charge on any atom is -0.494 e. The highest BCUT2D eigenvalue weighted by molar-refractivity contribution is 5.92. The number of anilines is 1. The van der Waals surface area contributed by atoms with Gasteiger partial charge in [-0.1, -0.05) is 45.0 Å². The van der Waals surface area contributed by atoms with Crippen molar-refractivity contribution in [2.24, 2.45) is 0 Å². The molecular weight excluding hydrogens is 332 g/mol. The molecule has 0 aliphatic rings. The van der Waals surface area contributed by atoms with Crippen molar-refractivity contribution in [1.29, 1.82) is 0 Å². The molecule has 0 unspecified atom stereocenters. The van der Waals surface area contributed by atoms with Crippen LogP contribution in [0.15, 0.2) is 48.5 Å². The molecule has 0 saturated carbocycles. The Morgan fingerprint density at radius 2 is 1.77 bits per heavy atom. The fourth-order valence-corrected chi connectivity index (χ4v) is 2.43. The van der Waals surface area contributed by atoms with Crippen molar-refractivity contribution in [3.63, 3.8) is 0 Å². The largest absolute Gasteiger partial charge is 0.494 e. The summed E-state index contributed by atoms with van der Waals surface area (Å²) < 4.78 is 5.65. The van der Waals surface area contributed by atoms with E-state index in [-0.39, 0.29) is 29.1 Å². The number of nitro groups is 1. The van der Waals surface area contributed by atoms with Crippen LogP contribution in [0.2, 0.25) is 0 Å². The fourth-order valence-electron chi connectivity index (χ4n) is 2.43. The molecule has 0 aliphatic heterocycles. The Morgan fingerprint density at radius 3 is 2.38 bits per heavy atom. The van der Waals surface area contributed by atoms with Crippen LogP contribution >= 0.6 is 0 Å². The molecule has 0 atom stereocenters. The lowest BCUT2D eigenvalue weighted by Gasteiger charge is -2.19. The highest BCUT2D eigenvalue weighted by atomic mass is 16.6. The average Bonchev–Trinajstić information content (AvgIpc) is 2.58. The van der Waals surface area contributed by atoms with Crippen LogP contribution in [0, 0.1) is 10.1 Å². The third kappa shape index (κ3) is 5.58. The number of hydrogen-bond donors (Lipinski definition) is 1. The summed E-state index contributed by atoms with van der Waals surface area (Å²) in [7, 11) is 0. The van der Waals surface area contributed by atoms with Gasteiger partial charge in [-0.3, -0.25) is 14.9 Å². The van der Waals surface area contributed by atoms with E-state index in [0.29, 0.717) is 13.0 Å². The number of nitrogens with one attached hydrogen (secondary N) is 1. The molecule has 6 nitrogen and oxygen atoms in total. The van der Waals surface area contributed by atoms with Crippen LogP contribution in [0.3, 0.4) is 0 Å². The van der Waals surface area contributed by atoms with Gasteiger partial charge in [0.15, 0.2) is 0 Å². The molecule has 1 N–H and O–H groups in total. The van der Waals surface area contributed by atoms with Gasteiger partial charge < -0.3 is 10.1 Å². The molecule has 138 valence electrons. The molecule has 0 aliphatic carbocycles. The van der Waals surface area contributed by atoms with Gasteiger partial charge in [-0.15, -0.1) is 0 Å². The van der Waals surface area contributed by atoms with Crippen LogP contribution in [0.1, 0.15) is 39.2 Å². The standard InChI is InChI=1S/C20H24N2O4/c1-20(2,3)15-10-12-16(13-11-15)26-14-6-9-19(23)21-17-7-4-5-8-18(17)22(24)25/h4-5,7-8,10-13H,6,9,14H2,1-3H3,(H,21,23). The van der Waals surface area contributed by atoms with Gasteiger partial charge in [-0.25, -0.2) is 0 Å².